The maximum absolute atomic E-state index is 12.4. The predicted octanol–water partition coefficient (Wildman–Crippen LogP) is 2.47. The minimum absolute atomic E-state index is 0.121. The summed E-state index contributed by atoms with van der Waals surface area (Å²) >= 11 is 0. The van der Waals surface area contributed by atoms with Crippen LogP contribution in [0.2, 0.25) is 0 Å². The van der Waals surface area contributed by atoms with Crippen LogP contribution in [0.5, 0.6) is 0 Å². The van der Waals surface area contributed by atoms with E-state index in [1.54, 1.807) is 12.3 Å². The number of hydrogen-bond acceptors (Lipinski definition) is 5. The molecule has 0 bridgehead atoms. The van der Waals surface area contributed by atoms with Crippen molar-refractivity contribution >= 4 is 17.5 Å². The lowest BCUT2D eigenvalue weighted by Gasteiger charge is -2.22. The maximum atomic E-state index is 12.4. The van der Waals surface area contributed by atoms with E-state index in [0.717, 1.165) is 31.6 Å². The quantitative estimate of drug-likeness (QED) is 0.927. The second-order valence-electron chi connectivity index (χ2n) is 6.64. The molecular formula is C19H22N4O2. The molecule has 2 aliphatic rings. The Morgan fingerprint density at radius 3 is 3.08 bits per heavy atom. The highest BCUT2D eigenvalue weighted by atomic mass is 16.5. The number of ether oxygens (including phenoxy) is 1. The Kier molecular flexibility index (Phi) is 4.36. The van der Waals surface area contributed by atoms with Gasteiger partial charge in [-0.1, -0.05) is 18.2 Å². The molecule has 130 valence electrons. The van der Waals surface area contributed by atoms with Crippen LogP contribution < -0.4 is 10.2 Å². The lowest BCUT2D eigenvalue weighted by molar-refractivity contribution is 0.0853. The van der Waals surface area contributed by atoms with Crippen molar-refractivity contribution in [2.45, 2.75) is 38.3 Å². The number of carbonyl (C=O) groups excluding carboxylic acids is 1. The molecule has 1 amide bonds. The molecule has 0 radical (unpaired) electrons. The maximum Gasteiger partial charge on any atom is 0.270 e. The molecule has 25 heavy (non-hydrogen) atoms. The third kappa shape index (κ3) is 3.22. The standard InChI is InChI=1S/C19H22N4O2/c1-13-11-14-5-2-3-7-17(14)23(13)19-20-9-8-16(22-19)18(24)21-12-15-6-4-10-25-15/h2-3,5,7-9,13,15H,4,6,10-12H2,1H3,(H,21,24). The van der Waals surface area contributed by atoms with Gasteiger partial charge < -0.3 is 15.0 Å². The van der Waals surface area contributed by atoms with Crippen LogP contribution in [0.15, 0.2) is 36.5 Å². The van der Waals surface area contributed by atoms with Crippen LogP contribution in [0.3, 0.4) is 0 Å². The van der Waals surface area contributed by atoms with E-state index in [-0.39, 0.29) is 18.1 Å². The van der Waals surface area contributed by atoms with Crippen LogP contribution in [-0.2, 0) is 11.2 Å². The number of para-hydroxylation sites is 1. The third-order valence-corrected chi connectivity index (χ3v) is 4.81. The largest absolute Gasteiger partial charge is 0.376 e. The van der Waals surface area contributed by atoms with Gasteiger partial charge in [0.1, 0.15) is 5.69 Å². The van der Waals surface area contributed by atoms with E-state index in [0.29, 0.717) is 18.2 Å². The van der Waals surface area contributed by atoms with Gasteiger partial charge in [-0.3, -0.25) is 4.79 Å². The molecule has 1 aromatic heterocycles. The Labute approximate surface area is 147 Å². The van der Waals surface area contributed by atoms with Crippen molar-refractivity contribution in [3.8, 4) is 0 Å². The minimum atomic E-state index is -0.181. The molecule has 2 aromatic rings. The highest BCUT2D eigenvalue weighted by Crippen LogP contribution is 2.36. The van der Waals surface area contributed by atoms with Crippen molar-refractivity contribution in [1.29, 1.82) is 0 Å². The number of fused-ring (bicyclic) bond motifs is 1. The molecule has 1 saturated heterocycles. The summed E-state index contributed by atoms with van der Waals surface area (Å²) in [5.74, 6) is 0.390. The van der Waals surface area contributed by atoms with Gasteiger partial charge in [0.05, 0.1) is 6.10 Å². The van der Waals surface area contributed by atoms with Crippen LogP contribution in [0.1, 0.15) is 35.8 Å². The predicted molar refractivity (Wildman–Crippen MR) is 95.1 cm³/mol. The monoisotopic (exact) mass is 338 g/mol. The van der Waals surface area contributed by atoms with E-state index < -0.39 is 0 Å². The van der Waals surface area contributed by atoms with E-state index in [9.17, 15) is 4.79 Å². The third-order valence-electron chi connectivity index (χ3n) is 4.81. The molecule has 4 rings (SSSR count). The zero-order chi connectivity index (χ0) is 17.2. The molecule has 3 heterocycles. The average Bonchev–Trinajstić information content (AvgIpc) is 3.26. The summed E-state index contributed by atoms with van der Waals surface area (Å²) in [5.41, 5.74) is 2.79. The molecule has 0 saturated carbocycles. The highest BCUT2D eigenvalue weighted by Gasteiger charge is 2.29. The first-order valence-electron chi connectivity index (χ1n) is 8.82. The van der Waals surface area contributed by atoms with Crippen LogP contribution in [-0.4, -0.2) is 41.2 Å². The zero-order valence-corrected chi connectivity index (χ0v) is 14.3. The topological polar surface area (TPSA) is 67.4 Å². The van der Waals surface area contributed by atoms with Gasteiger partial charge in [-0.25, -0.2) is 9.97 Å². The fraction of sp³-hybridized carbons (Fsp3) is 0.421. The average molecular weight is 338 g/mol. The summed E-state index contributed by atoms with van der Waals surface area (Å²) < 4.78 is 5.54. The zero-order valence-electron chi connectivity index (χ0n) is 14.3. The number of nitrogens with one attached hydrogen (secondary N) is 1. The summed E-state index contributed by atoms with van der Waals surface area (Å²) in [7, 11) is 0. The van der Waals surface area contributed by atoms with E-state index in [4.69, 9.17) is 4.74 Å². The molecule has 1 fully saturated rings. The molecule has 6 nitrogen and oxygen atoms in total. The number of nitrogens with zero attached hydrogens (tertiary/aromatic N) is 3. The number of amides is 1. The Hall–Kier alpha value is -2.47. The first kappa shape index (κ1) is 16.0. The number of rotatable bonds is 4. The first-order chi connectivity index (χ1) is 12.2. The summed E-state index contributed by atoms with van der Waals surface area (Å²) in [5, 5.41) is 2.92. The molecule has 2 unspecified atom stereocenters. The van der Waals surface area contributed by atoms with Crippen molar-refractivity contribution in [3.05, 3.63) is 47.8 Å². The summed E-state index contributed by atoms with van der Waals surface area (Å²) in [6.07, 6.45) is 4.78. The van der Waals surface area contributed by atoms with Crippen LogP contribution in [0.25, 0.3) is 0 Å². The smallest absolute Gasteiger partial charge is 0.270 e. The second kappa shape index (κ2) is 6.80. The fourth-order valence-electron chi connectivity index (χ4n) is 3.56. The SMILES string of the molecule is CC1Cc2ccccc2N1c1nccc(C(=O)NCC2CCCO2)n1. The number of benzene rings is 1. The van der Waals surface area contributed by atoms with Gasteiger partial charge in [-0.2, -0.15) is 0 Å². The molecule has 2 atom stereocenters. The number of hydrogen-bond donors (Lipinski definition) is 1. The van der Waals surface area contributed by atoms with Gasteiger partial charge in [0.15, 0.2) is 0 Å². The van der Waals surface area contributed by atoms with Crippen molar-refractivity contribution in [1.82, 2.24) is 15.3 Å². The van der Waals surface area contributed by atoms with Gasteiger partial charge in [0.2, 0.25) is 5.95 Å². The first-order valence-corrected chi connectivity index (χ1v) is 8.82. The van der Waals surface area contributed by atoms with Crippen molar-refractivity contribution in [3.63, 3.8) is 0 Å². The van der Waals surface area contributed by atoms with Crippen LogP contribution in [0, 0.1) is 0 Å². The highest BCUT2D eigenvalue weighted by molar-refractivity contribution is 5.92. The van der Waals surface area contributed by atoms with Gasteiger partial charge in [0, 0.05) is 31.1 Å². The summed E-state index contributed by atoms with van der Waals surface area (Å²) in [6.45, 7) is 3.46. The van der Waals surface area contributed by atoms with Crippen LogP contribution in [0.4, 0.5) is 11.6 Å². The van der Waals surface area contributed by atoms with E-state index in [1.807, 2.05) is 12.1 Å². The van der Waals surface area contributed by atoms with Crippen molar-refractivity contribution in [2.24, 2.45) is 0 Å². The lowest BCUT2D eigenvalue weighted by atomic mass is 10.1. The number of anilines is 2. The van der Waals surface area contributed by atoms with E-state index >= 15 is 0 Å². The Bertz CT molecular complexity index is 774. The van der Waals surface area contributed by atoms with E-state index in [1.165, 1.54) is 5.56 Å². The van der Waals surface area contributed by atoms with Gasteiger partial charge >= 0.3 is 0 Å². The molecule has 1 aromatic carbocycles. The molecule has 0 spiro atoms. The van der Waals surface area contributed by atoms with Crippen molar-refractivity contribution < 1.29 is 9.53 Å². The lowest BCUT2D eigenvalue weighted by Crippen LogP contribution is -2.33. The normalized spacial score (nSPS) is 22.0. The Morgan fingerprint density at radius 2 is 2.24 bits per heavy atom. The number of carbonyl (C=O) groups is 1. The Balaban J connectivity index is 1.52. The van der Waals surface area contributed by atoms with Crippen LogP contribution >= 0.6 is 0 Å². The van der Waals surface area contributed by atoms with E-state index in [2.05, 4.69) is 39.2 Å². The number of aromatic nitrogens is 2. The molecule has 0 aliphatic carbocycles. The summed E-state index contributed by atoms with van der Waals surface area (Å²) in [4.78, 5) is 23.4. The van der Waals surface area contributed by atoms with Gasteiger partial charge in [-0.05, 0) is 43.9 Å². The fourth-order valence-corrected chi connectivity index (χ4v) is 3.56. The molecule has 1 N–H and O–H groups in total. The molecule has 6 heteroatoms. The minimum Gasteiger partial charge on any atom is -0.376 e. The van der Waals surface area contributed by atoms with Crippen molar-refractivity contribution in [2.75, 3.05) is 18.1 Å². The second-order valence-corrected chi connectivity index (χ2v) is 6.64. The van der Waals surface area contributed by atoms with Gasteiger partial charge in [0.25, 0.3) is 5.91 Å². The summed E-state index contributed by atoms with van der Waals surface area (Å²) in [6, 6.07) is 10.2. The Morgan fingerprint density at radius 1 is 1.36 bits per heavy atom. The molecular weight excluding hydrogens is 316 g/mol. The molecule has 2 aliphatic heterocycles. The van der Waals surface area contributed by atoms with Gasteiger partial charge in [-0.15, -0.1) is 0 Å².